The van der Waals surface area contributed by atoms with Crippen LogP contribution in [0.25, 0.3) is 0 Å². The highest BCUT2D eigenvalue weighted by Gasteiger charge is 2.38. The molecule has 2 aromatic rings. The van der Waals surface area contributed by atoms with Gasteiger partial charge in [0.05, 0.1) is 11.8 Å². The molecule has 0 spiro atoms. The van der Waals surface area contributed by atoms with E-state index in [-0.39, 0.29) is 0 Å². The van der Waals surface area contributed by atoms with Gasteiger partial charge in [-0.05, 0) is 12.5 Å². The van der Waals surface area contributed by atoms with Crippen LogP contribution >= 0.6 is 0 Å². The molecule has 0 aliphatic carbocycles. The molecule has 106 valence electrons. The highest BCUT2D eigenvalue weighted by molar-refractivity contribution is 5.56. The van der Waals surface area contributed by atoms with E-state index in [0.717, 1.165) is 24.5 Å². The average molecular weight is 278 g/mol. The second-order valence-electron chi connectivity index (χ2n) is 5.21. The lowest BCUT2D eigenvalue weighted by Crippen LogP contribution is -2.44. The van der Waals surface area contributed by atoms with Crippen LogP contribution in [0.15, 0.2) is 48.7 Å². The molecule has 3 heterocycles. The highest BCUT2D eigenvalue weighted by atomic mass is 15.3. The average Bonchev–Trinajstić information content (AvgIpc) is 3.20. The summed E-state index contributed by atoms with van der Waals surface area (Å²) in [5.41, 5.74) is 0.845. The molecular formula is C17H18N4. The molecule has 0 saturated carbocycles. The third-order valence-corrected chi connectivity index (χ3v) is 3.85. The molecule has 0 unspecified atom stereocenters. The number of benzene rings is 1. The number of hydrogen-bond acceptors (Lipinski definition) is 4. The summed E-state index contributed by atoms with van der Waals surface area (Å²) >= 11 is 0. The van der Waals surface area contributed by atoms with Crippen molar-refractivity contribution in [3.63, 3.8) is 0 Å². The topological polar surface area (TPSA) is 41.1 Å². The van der Waals surface area contributed by atoms with E-state index in [1.807, 2.05) is 42.5 Å². The Balaban J connectivity index is 0.000000186. The van der Waals surface area contributed by atoms with Crippen LogP contribution in [0.1, 0.15) is 12.0 Å². The van der Waals surface area contributed by atoms with Crippen LogP contribution in [-0.4, -0.2) is 35.4 Å². The van der Waals surface area contributed by atoms with Gasteiger partial charge in [0.1, 0.15) is 0 Å². The summed E-state index contributed by atoms with van der Waals surface area (Å²) in [6.07, 6.45) is 8.30. The number of aromatic nitrogens is 2. The van der Waals surface area contributed by atoms with Crippen molar-refractivity contribution in [3.8, 4) is 12.3 Å². The molecule has 2 aliphatic rings. The summed E-state index contributed by atoms with van der Waals surface area (Å²) in [5, 5.41) is 11.5. The number of rotatable bonds is 1. The highest BCUT2D eigenvalue weighted by Crippen LogP contribution is 2.29. The van der Waals surface area contributed by atoms with Crippen LogP contribution in [0.4, 0.5) is 5.82 Å². The minimum atomic E-state index is 0.541. The lowest BCUT2D eigenvalue weighted by Gasteiger charge is -2.28. The van der Waals surface area contributed by atoms with Gasteiger partial charge in [-0.1, -0.05) is 42.3 Å². The van der Waals surface area contributed by atoms with E-state index in [1.54, 1.807) is 6.20 Å². The van der Waals surface area contributed by atoms with Gasteiger partial charge in [-0.25, -0.2) is 0 Å². The molecule has 21 heavy (non-hydrogen) atoms. The zero-order valence-corrected chi connectivity index (χ0v) is 11.8. The largest absolute Gasteiger partial charge is 0.348 e. The summed E-state index contributed by atoms with van der Waals surface area (Å²) in [7, 11) is 0. The van der Waals surface area contributed by atoms with Gasteiger partial charge in [0.25, 0.3) is 0 Å². The van der Waals surface area contributed by atoms with Gasteiger partial charge in [-0.15, -0.1) is 11.5 Å². The molecule has 2 fully saturated rings. The fraction of sp³-hybridized carbons (Fsp3) is 0.294. The predicted molar refractivity (Wildman–Crippen MR) is 84.0 cm³/mol. The Morgan fingerprint density at radius 3 is 2.43 bits per heavy atom. The third kappa shape index (κ3) is 3.04. The fourth-order valence-corrected chi connectivity index (χ4v) is 2.85. The minimum Gasteiger partial charge on any atom is -0.348 e. The Kier molecular flexibility index (Phi) is 4.13. The summed E-state index contributed by atoms with van der Waals surface area (Å²) in [6, 6.07) is 15.0. The second-order valence-corrected chi connectivity index (χ2v) is 5.21. The van der Waals surface area contributed by atoms with Crippen molar-refractivity contribution in [3.05, 3.63) is 54.2 Å². The molecule has 1 aromatic heterocycles. The minimum absolute atomic E-state index is 0.541. The first-order chi connectivity index (χ1) is 10.4. The SMILES string of the molecule is C#Cc1ccnnc1N1C[C@@H]2C[C@H]1CN2.c1ccccc1. The van der Waals surface area contributed by atoms with Crippen molar-refractivity contribution in [1.29, 1.82) is 0 Å². The standard InChI is InChI=1S/C11H12N4.C6H6/c1-2-8-3-4-13-14-11(8)15-7-9-5-10(15)6-12-9;1-2-4-6-5-3-1/h1,3-4,9-10,12H,5-7H2;1-6H/t9-,10-;/m0./s1. The predicted octanol–water partition coefficient (Wildman–Crippen LogP) is 1.69. The number of anilines is 1. The molecule has 0 amide bonds. The van der Waals surface area contributed by atoms with Crippen molar-refractivity contribution in [2.75, 3.05) is 18.0 Å². The molecule has 2 atom stereocenters. The van der Waals surface area contributed by atoms with Gasteiger partial charge in [-0.2, -0.15) is 5.10 Å². The zero-order chi connectivity index (χ0) is 14.5. The molecule has 1 N–H and O–H groups in total. The Morgan fingerprint density at radius 2 is 1.90 bits per heavy atom. The van der Waals surface area contributed by atoms with Gasteiger partial charge >= 0.3 is 0 Å². The molecule has 1 aromatic carbocycles. The summed E-state index contributed by atoms with van der Waals surface area (Å²) in [4.78, 5) is 2.28. The van der Waals surface area contributed by atoms with Crippen molar-refractivity contribution < 1.29 is 0 Å². The molecule has 2 saturated heterocycles. The van der Waals surface area contributed by atoms with Gasteiger partial charge in [0.15, 0.2) is 5.82 Å². The maximum atomic E-state index is 5.46. The smallest absolute Gasteiger partial charge is 0.167 e. The first-order valence-electron chi connectivity index (χ1n) is 7.17. The summed E-state index contributed by atoms with van der Waals surface area (Å²) in [6.45, 7) is 2.03. The summed E-state index contributed by atoms with van der Waals surface area (Å²) in [5.74, 6) is 3.54. The third-order valence-electron chi connectivity index (χ3n) is 3.85. The Bertz CT molecular complexity index is 593. The maximum Gasteiger partial charge on any atom is 0.167 e. The van der Waals surface area contributed by atoms with E-state index in [1.165, 1.54) is 6.42 Å². The molecule has 4 rings (SSSR count). The lowest BCUT2D eigenvalue weighted by atomic mass is 10.2. The van der Waals surface area contributed by atoms with Crippen LogP contribution in [0, 0.1) is 12.3 Å². The molecule has 0 radical (unpaired) electrons. The number of fused-ring (bicyclic) bond motifs is 2. The lowest BCUT2D eigenvalue weighted by molar-refractivity contribution is 0.574. The van der Waals surface area contributed by atoms with E-state index in [9.17, 15) is 0 Å². The molecule has 4 nitrogen and oxygen atoms in total. The number of nitrogens with one attached hydrogen (secondary N) is 1. The number of piperazine rings is 1. The van der Waals surface area contributed by atoms with Gasteiger partial charge in [0.2, 0.25) is 0 Å². The Morgan fingerprint density at radius 1 is 1.19 bits per heavy atom. The van der Waals surface area contributed by atoms with Crippen molar-refractivity contribution in [1.82, 2.24) is 15.5 Å². The normalized spacial score (nSPS) is 22.3. The van der Waals surface area contributed by atoms with Gasteiger partial charge < -0.3 is 10.2 Å². The van der Waals surface area contributed by atoms with E-state index >= 15 is 0 Å². The quantitative estimate of drug-likeness (QED) is 0.806. The van der Waals surface area contributed by atoms with Crippen LogP contribution in [0.5, 0.6) is 0 Å². The van der Waals surface area contributed by atoms with Gasteiger partial charge in [-0.3, -0.25) is 0 Å². The zero-order valence-electron chi connectivity index (χ0n) is 11.8. The second kappa shape index (κ2) is 6.38. The molecule has 2 bridgehead atoms. The molecule has 2 aliphatic heterocycles. The molecular weight excluding hydrogens is 260 g/mol. The Hall–Kier alpha value is -2.38. The van der Waals surface area contributed by atoms with Gasteiger partial charge in [0, 0.05) is 25.2 Å². The van der Waals surface area contributed by atoms with E-state index in [0.29, 0.717) is 12.1 Å². The first-order valence-corrected chi connectivity index (χ1v) is 7.17. The monoisotopic (exact) mass is 278 g/mol. The van der Waals surface area contributed by atoms with Crippen molar-refractivity contribution in [2.24, 2.45) is 0 Å². The number of nitrogens with zero attached hydrogens (tertiary/aromatic N) is 3. The summed E-state index contributed by atoms with van der Waals surface area (Å²) < 4.78 is 0. The number of hydrogen-bond donors (Lipinski definition) is 1. The maximum absolute atomic E-state index is 5.46. The van der Waals surface area contributed by atoms with E-state index in [4.69, 9.17) is 6.42 Å². The van der Waals surface area contributed by atoms with Crippen molar-refractivity contribution in [2.45, 2.75) is 18.5 Å². The van der Waals surface area contributed by atoms with Crippen LogP contribution in [0.2, 0.25) is 0 Å². The first kappa shape index (κ1) is 13.6. The fourth-order valence-electron chi connectivity index (χ4n) is 2.85. The van der Waals surface area contributed by atoms with Crippen LogP contribution in [-0.2, 0) is 0 Å². The van der Waals surface area contributed by atoms with Crippen molar-refractivity contribution >= 4 is 5.82 Å². The van der Waals surface area contributed by atoms with E-state index in [2.05, 4.69) is 26.3 Å². The van der Waals surface area contributed by atoms with E-state index < -0.39 is 0 Å². The molecule has 4 heteroatoms. The number of terminal acetylenes is 1. The van der Waals surface area contributed by atoms with Crippen LogP contribution in [0.3, 0.4) is 0 Å². The Labute approximate surface area is 125 Å². The van der Waals surface area contributed by atoms with Crippen LogP contribution < -0.4 is 10.2 Å².